The molecule has 0 aromatic carbocycles. The SMILES string of the molecule is Cc1c[nH]c(=S)n1CC(C)c1nccs1. The smallest absolute Gasteiger partial charge is 0.177 e. The van der Waals surface area contributed by atoms with Crippen molar-refractivity contribution in [3.8, 4) is 0 Å². The molecule has 1 unspecified atom stereocenters. The van der Waals surface area contributed by atoms with Crippen LogP contribution in [0.5, 0.6) is 0 Å². The quantitative estimate of drug-likeness (QED) is 0.835. The third kappa shape index (κ3) is 2.18. The summed E-state index contributed by atoms with van der Waals surface area (Å²) < 4.78 is 2.90. The van der Waals surface area contributed by atoms with Crippen molar-refractivity contribution in [2.75, 3.05) is 0 Å². The number of thiazole rings is 1. The van der Waals surface area contributed by atoms with Crippen LogP contribution in [0.15, 0.2) is 17.8 Å². The van der Waals surface area contributed by atoms with E-state index >= 15 is 0 Å². The van der Waals surface area contributed by atoms with Crippen LogP contribution < -0.4 is 0 Å². The number of nitrogens with one attached hydrogen (secondary N) is 1. The molecule has 2 aromatic heterocycles. The van der Waals surface area contributed by atoms with Crippen molar-refractivity contribution < 1.29 is 0 Å². The van der Waals surface area contributed by atoms with E-state index in [9.17, 15) is 0 Å². The maximum absolute atomic E-state index is 5.21. The first-order valence-corrected chi connectivity index (χ1v) is 6.11. The highest BCUT2D eigenvalue weighted by atomic mass is 32.1. The van der Waals surface area contributed by atoms with E-state index in [-0.39, 0.29) is 0 Å². The van der Waals surface area contributed by atoms with Gasteiger partial charge in [0.1, 0.15) is 0 Å². The van der Waals surface area contributed by atoms with Crippen molar-refractivity contribution in [2.45, 2.75) is 26.3 Å². The second-order valence-electron chi connectivity index (χ2n) is 3.62. The Morgan fingerprint density at radius 2 is 2.47 bits per heavy atom. The minimum Gasteiger partial charge on any atom is -0.337 e. The van der Waals surface area contributed by atoms with Crippen molar-refractivity contribution in [2.24, 2.45) is 0 Å². The first-order chi connectivity index (χ1) is 7.18. The Kier molecular flexibility index (Phi) is 3.02. The number of hydrogen-bond donors (Lipinski definition) is 1. The van der Waals surface area contributed by atoms with Gasteiger partial charge >= 0.3 is 0 Å². The summed E-state index contributed by atoms with van der Waals surface area (Å²) in [5, 5.41) is 3.17. The first kappa shape index (κ1) is 10.6. The molecule has 0 bridgehead atoms. The van der Waals surface area contributed by atoms with Gasteiger partial charge < -0.3 is 9.55 Å². The Morgan fingerprint density at radius 1 is 1.67 bits per heavy atom. The topological polar surface area (TPSA) is 33.6 Å². The van der Waals surface area contributed by atoms with Crippen molar-refractivity contribution in [1.29, 1.82) is 0 Å². The highest BCUT2D eigenvalue weighted by molar-refractivity contribution is 7.71. The van der Waals surface area contributed by atoms with Gasteiger partial charge in [-0.2, -0.15) is 0 Å². The minimum atomic E-state index is 0.409. The number of H-pyrrole nitrogens is 1. The summed E-state index contributed by atoms with van der Waals surface area (Å²) in [5.74, 6) is 0.409. The summed E-state index contributed by atoms with van der Waals surface area (Å²) in [7, 11) is 0. The van der Waals surface area contributed by atoms with Gasteiger partial charge in [0.05, 0.1) is 5.01 Å². The van der Waals surface area contributed by atoms with Crippen LogP contribution in [-0.2, 0) is 6.54 Å². The second-order valence-corrected chi connectivity index (χ2v) is 4.93. The van der Waals surface area contributed by atoms with Crippen LogP contribution in [-0.4, -0.2) is 14.5 Å². The first-order valence-electron chi connectivity index (χ1n) is 4.82. The van der Waals surface area contributed by atoms with Crippen molar-refractivity contribution in [3.63, 3.8) is 0 Å². The van der Waals surface area contributed by atoms with Crippen LogP contribution in [0.1, 0.15) is 23.5 Å². The summed E-state index contributed by atoms with van der Waals surface area (Å²) in [6.07, 6.45) is 3.79. The van der Waals surface area contributed by atoms with Crippen molar-refractivity contribution in [3.05, 3.63) is 33.2 Å². The van der Waals surface area contributed by atoms with Gasteiger partial charge in [-0.05, 0) is 19.1 Å². The zero-order chi connectivity index (χ0) is 10.8. The molecule has 5 heteroatoms. The molecule has 0 spiro atoms. The Hall–Kier alpha value is -0.940. The number of nitrogens with zero attached hydrogens (tertiary/aromatic N) is 2. The fourth-order valence-electron chi connectivity index (χ4n) is 1.54. The molecule has 0 aliphatic carbocycles. The molecule has 2 rings (SSSR count). The highest BCUT2D eigenvalue weighted by Gasteiger charge is 2.10. The predicted octanol–water partition coefficient (Wildman–Crippen LogP) is 3.11. The van der Waals surface area contributed by atoms with Gasteiger partial charge in [-0.15, -0.1) is 11.3 Å². The Labute approximate surface area is 97.8 Å². The van der Waals surface area contributed by atoms with E-state index in [0.717, 1.165) is 16.3 Å². The molecule has 0 aliphatic heterocycles. The molecule has 0 saturated carbocycles. The number of aromatic amines is 1. The van der Waals surface area contributed by atoms with E-state index in [0.29, 0.717) is 5.92 Å². The Bertz CT molecular complexity index is 481. The van der Waals surface area contributed by atoms with Gasteiger partial charge in [-0.3, -0.25) is 0 Å². The largest absolute Gasteiger partial charge is 0.337 e. The van der Waals surface area contributed by atoms with Gasteiger partial charge in [-0.25, -0.2) is 4.98 Å². The number of aromatic nitrogens is 3. The Balaban J connectivity index is 2.19. The second kappa shape index (κ2) is 4.28. The average molecular weight is 239 g/mol. The maximum atomic E-state index is 5.21. The summed E-state index contributed by atoms with van der Waals surface area (Å²) in [6, 6.07) is 0. The van der Waals surface area contributed by atoms with Crippen molar-refractivity contribution in [1.82, 2.24) is 14.5 Å². The lowest BCUT2D eigenvalue weighted by Crippen LogP contribution is -2.07. The number of rotatable bonds is 3. The lowest BCUT2D eigenvalue weighted by atomic mass is 10.2. The molecule has 2 heterocycles. The minimum absolute atomic E-state index is 0.409. The van der Waals surface area contributed by atoms with E-state index in [1.165, 1.54) is 5.69 Å². The van der Waals surface area contributed by atoms with Gasteiger partial charge in [0.15, 0.2) is 4.77 Å². The van der Waals surface area contributed by atoms with Crippen LogP contribution in [0, 0.1) is 11.7 Å². The van der Waals surface area contributed by atoms with E-state index in [1.807, 2.05) is 17.8 Å². The fraction of sp³-hybridized carbons (Fsp3) is 0.400. The standard InChI is InChI=1S/C10H13N3S2/c1-7(9-11-3-4-15-9)6-13-8(2)5-12-10(13)14/h3-5,7H,6H2,1-2H3,(H,12,14). The molecule has 0 fully saturated rings. The summed E-state index contributed by atoms with van der Waals surface area (Å²) >= 11 is 6.91. The lowest BCUT2D eigenvalue weighted by molar-refractivity contribution is 0.578. The van der Waals surface area contributed by atoms with E-state index < -0.39 is 0 Å². The molecule has 2 aromatic rings. The zero-order valence-corrected chi connectivity index (χ0v) is 10.4. The van der Waals surface area contributed by atoms with Crippen LogP contribution in [0.3, 0.4) is 0 Å². The molecule has 1 atom stereocenters. The average Bonchev–Trinajstić information content (AvgIpc) is 2.82. The van der Waals surface area contributed by atoms with E-state index in [4.69, 9.17) is 12.2 Å². The molecule has 0 aliphatic rings. The van der Waals surface area contributed by atoms with E-state index in [2.05, 4.69) is 28.4 Å². The Morgan fingerprint density at radius 3 is 3.00 bits per heavy atom. The van der Waals surface area contributed by atoms with Crippen LogP contribution in [0.25, 0.3) is 0 Å². The van der Waals surface area contributed by atoms with Crippen LogP contribution in [0.4, 0.5) is 0 Å². The normalized spacial score (nSPS) is 12.9. The summed E-state index contributed by atoms with van der Waals surface area (Å²) in [6.45, 7) is 5.12. The number of hydrogen-bond acceptors (Lipinski definition) is 3. The number of imidazole rings is 1. The molecule has 0 saturated heterocycles. The van der Waals surface area contributed by atoms with E-state index in [1.54, 1.807) is 11.3 Å². The molecule has 15 heavy (non-hydrogen) atoms. The molecule has 1 N–H and O–H groups in total. The van der Waals surface area contributed by atoms with Gasteiger partial charge in [-0.1, -0.05) is 6.92 Å². The molecular weight excluding hydrogens is 226 g/mol. The molecular formula is C10H13N3S2. The molecule has 80 valence electrons. The summed E-state index contributed by atoms with van der Waals surface area (Å²) in [5.41, 5.74) is 1.17. The van der Waals surface area contributed by atoms with Crippen molar-refractivity contribution >= 4 is 23.6 Å². The third-order valence-corrected chi connectivity index (χ3v) is 3.75. The molecule has 0 amide bonds. The van der Waals surface area contributed by atoms with Gasteiger partial charge in [0, 0.05) is 35.9 Å². The summed E-state index contributed by atoms with van der Waals surface area (Å²) in [4.78, 5) is 7.37. The molecule has 0 radical (unpaired) electrons. The monoisotopic (exact) mass is 239 g/mol. The predicted molar refractivity (Wildman–Crippen MR) is 64.9 cm³/mol. The van der Waals surface area contributed by atoms with Crippen LogP contribution >= 0.6 is 23.6 Å². The van der Waals surface area contributed by atoms with Gasteiger partial charge in [0.2, 0.25) is 0 Å². The lowest BCUT2D eigenvalue weighted by Gasteiger charge is -2.10. The zero-order valence-electron chi connectivity index (χ0n) is 8.73. The molecule has 3 nitrogen and oxygen atoms in total. The number of aryl methyl sites for hydroxylation is 1. The third-order valence-electron chi connectivity index (χ3n) is 2.40. The highest BCUT2D eigenvalue weighted by Crippen LogP contribution is 2.20. The van der Waals surface area contributed by atoms with Gasteiger partial charge in [0.25, 0.3) is 0 Å². The maximum Gasteiger partial charge on any atom is 0.177 e. The van der Waals surface area contributed by atoms with Crippen LogP contribution in [0.2, 0.25) is 0 Å². The fourth-order valence-corrected chi connectivity index (χ4v) is 2.51.